The van der Waals surface area contributed by atoms with Gasteiger partial charge in [-0.2, -0.15) is 0 Å². The van der Waals surface area contributed by atoms with Crippen molar-refractivity contribution in [2.75, 3.05) is 0 Å². The Kier molecular flexibility index (Phi) is 1.52. The summed E-state index contributed by atoms with van der Waals surface area (Å²) in [4.78, 5) is 5.06. The molecule has 48 valence electrons. The van der Waals surface area contributed by atoms with E-state index in [1.807, 2.05) is 0 Å². The highest BCUT2D eigenvalue weighted by Crippen LogP contribution is 2.29. The van der Waals surface area contributed by atoms with Crippen molar-refractivity contribution in [1.82, 2.24) is 9.50 Å². The first-order valence-electron chi connectivity index (χ1n) is 2.56. The molecular formula is C5H2N3S2+. The number of aromatic nitrogens is 1. The first kappa shape index (κ1) is 6.06. The van der Waals surface area contributed by atoms with Gasteiger partial charge in [0.1, 0.15) is 16.1 Å². The number of hydrogen-bond donors (Lipinski definition) is 0. The SMILES string of the molecule is [c]1cnc(C2=CN=[N+]S2)s1. The van der Waals surface area contributed by atoms with Crippen molar-refractivity contribution in [3.63, 3.8) is 0 Å². The maximum atomic E-state index is 4.05. The van der Waals surface area contributed by atoms with Crippen LogP contribution in [0.1, 0.15) is 5.01 Å². The van der Waals surface area contributed by atoms with E-state index < -0.39 is 0 Å². The summed E-state index contributed by atoms with van der Waals surface area (Å²) in [5, 5.41) is 7.54. The molecule has 1 aromatic rings. The van der Waals surface area contributed by atoms with Crippen molar-refractivity contribution in [2.45, 2.75) is 0 Å². The fourth-order valence-electron chi connectivity index (χ4n) is 0.569. The third-order valence-electron chi connectivity index (χ3n) is 0.962. The van der Waals surface area contributed by atoms with E-state index in [-0.39, 0.29) is 0 Å². The number of rotatable bonds is 1. The number of hydrogen-bond acceptors (Lipinski definition) is 5. The summed E-state index contributed by atoms with van der Waals surface area (Å²) in [6.07, 6.45) is 3.36. The minimum absolute atomic E-state index is 0.940. The van der Waals surface area contributed by atoms with Crippen LogP contribution in [0.15, 0.2) is 17.5 Å². The second-order valence-corrected chi connectivity index (χ2v) is 3.18. The maximum Gasteiger partial charge on any atom is 0.317 e. The van der Waals surface area contributed by atoms with Crippen molar-refractivity contribution < 1.29 is 0 Å². The summed E-state index contributed by atoms with van der Waals surface area (Å²) in [5.74, 6) is 0. The standard InChI is InChI=1S/C5H2N3S2/c1-2-9-5(6-1)4-3-7-8-10-4/h1,3H/q+1. The van der Waals surface area contributed by atoms with Crippen LogP contribution in [-0.2, 0) is 0 Å². The zero-order valence-electron chi connectivity index (χ0n) is 4.81. The van der Waals surface area contributed by atoms with Crippen molar-refractivity contribution in [3.8, 4) is 0 Å². The van der Waals surface area contributed by atoms with Gasteiger partial charge in [0.15, 0.2) is 0 Å². The highest BCUT2D eigenvalue weighted by Gasteiger charge is 2.19. The minimum Gasteiger partial charge on any atom is -0.243 e. The van der Waals surface area contributed by atoms with Gasteiger partial charge >= 0.3 is 11.9 Å². The lowest BCUT2D eigenvalue weighted by Gasteiger charge is -1.79. The van der Waals surface area contributed by atoms with Crippen LogP contribution >= 0.6 is 23.3 Å². The fraction of sp³-hybridized carbons (Fsp3) is 0. The summed E-state index contributed by atoms with van der Waals surface area (Å²) in [6.45, 7) is 0. The molecule has 5 heteroatoms. The van der Waals surface area contributed by atoms with Crippen LogP contribution in [-0.4, -0.2) is 4.98 Å². The van der Waals surface area contributed by atoms with Crippen molar-refractivity contribution in [3.05, 3.63) is 22.8 Å². The molecule has 1 aliphatic rings. The smallest absolute Gasteiger partial charge is 0.243 e. The van der Waals surface area contributed by atoms with E-state index in [4.69, 9.17) is 0 Å². The molecule has 1 aromatic heterocycles. The molecule has 0 fully saturated rings. The molecule has 10 heavy (non-hydrogen) atoms. The van der Waals surface area contributed by atoms with Crippen LogP contribution in [0.2, 0.25) is 0 Å². The summed E-state index contributed by atoms with van der Waals surface area (Å²) in [6, 6.07) is 0. The Morgan fingerprint density at radius 2 is 2.60 bits per heavy atom. The van der Waals surface area contributed by atoms with Crippen LogP contribution < -0.4 is 4.52 Å². The Morgan fingerprint density at radius 1 is 1.60 bits per heavy atom. The maximum absolute atomic E-state index is 4.05. The lowest BCUT2D eigenvalue weighted by molar-refractivity contribution is 1.27. The van der Waals surface area contributed by atoms with Crippen LogP contribution in [0.25, 0.3) is 4.91 Å². The fourth-order valence-corrected chi connectivity index (χ4v) is 1.69. The van der Waals surface area contributed by atoms with Gasteiger partial charge in [-0.3, -0.25) is 0 Å². The summed E-state index contributed by atoms with van der Waals surface area (Å²) >= 11 is 2.82. The van der Waals surface area contributed by atoms with Gasteiger partial charge < -0.3 is 0 Å². The molecule has 0 amide bonds. The molecule has 0 saturated carbocycles. The van der Waals surface area contributed by atoms with Gasteiger partial charge in [0.05, 0.1) is 10.5 Å². The summed E-state index contributed by atoms with van der Waals surface area (Å²) < 4.78 is 3.72. The van der Waals surface area contributed by atoms with Crippen LogP contribution in [0.5, 0.6) is 0 Å². The van der Waals surface area contributed by atoms with Gasteiger partial charge in [-0.1, -0.05) is 0 Å². The van der Waals surface area contributed by atoms with E-state index in [1.165, 1.54) is 23.3 Å². The van der Waals surface area contributed by atoms with E-state index in [9.17, 15) is 0 Å². The molecule has 0 saturated heterocycles. The zero-order chi connectivity index (χ0) is 6.81. The van der Waals surface area contributed by atoms with E-state index >= 15 is 0 Å². The van der Waals surface area contributed by atoms with Crippen LogP contribution in [0.4, 0.5) is 0 Å². The first-order valence-corrected chi connectivity index (χ1v) is 4.15. The molecule has 0 atom stereocenters. The highest BCUT2D eigenvalue weighted by atomic mass is 32.2. The van der Waals surface area contributed by atoms with E-state index in [2.05, 4.69) is 20.0 Å². The van der Waals surface area contributed by atoms with Crippen molar-refractivity contribution in [2.24, 2.45) is 5.11 Å². The molecular weight excluding hydrogens is 166 g/mol. The molecule has 0 unspecified atom stereocenters. The summed E-state index contributed by atoms with van der Waals surface area (Å²) in [5.41, 5.74) is 0. The van der Waals surface area contributed by atoms with Crippen LogP contribution in [0.3, 0.4) is 0 Å². The van der Waals surface area contributed by atoms with Crippen molar-refractivity contribution in [1.29, 1.82) is 0 Å². The predicted octanol–water partition coefficient (Wildman–Crippen LogP) is 1.69. The molecule has 2 radical (unpaired) electrons. The Morgan fingerprint density at radius 3 is 3.20 bits per heavy atom. The number of thiazole rings is 1. The Balaban J connectivity index is 2.30. The minimum atomic E-state index is 0.940. The first-order chi connectivity index (χ1) is 4.97. The van der Waals surface area contributed by atoms with Gasteiger partial charge in [-0.25, -0.2) is 4.98 Å². The topological polar surface area (TPSA) is 39.4 Å². The average Bonchev–Trinajstić information content (AvgIpc) is 2.59. The molecule has 0 N–H and O–H groups in total. The third-order valence-corrected chi connectivity index (χ3v) is 2.50. The Bertz CT molecular complexity index is 275. The molecule has 0 aliphatic carbocycles. The predicted molar refractivity (Wildman–Crippen MR) is 41.1 cm³/mol. The van der Waals surface area contributed by atoms with E-state index in [0.29, 0.717) is 0 Å². The molecule has 0 spiro atoms. The second kappa shape index (κ2) is 2.51. The lowest BCUT2D eigenvalue weighted by Crippen LogP contribution is -1.72. The van der Waals surface area contributed by atoms with E-state index in [0.717, 1.165) is 9.91 Å². The Labute approximate surface area is 66.0 Å². The monoisotopic (exact) mass is 168 g/mol. The van der Waals surface area contributed by atoms with Crippen molar-refractivity contribution >= 4 is 28.2 Å². The Hall–Kier alpha value is -0.680. The average molecular weight is 168 g/mol. The highest BCUT2D eigenvalue weighted by molar-refractivity contribution is 8.06. The molecule has 2 rings (SSSR count). The van der Waals surface area contributed by atoms with E-state index in [1.54, 1.807) is 12.4 Å². The van der Waals surface area contributed by atoms with Gasteiger partial charge in [0, 0.05) is 6.20 Å². The molecule has 0 aromatic carbocycles. The van der Waals surface area contributed by atoms with Gasteiger partial charge in [-0.05, 0) is 0 Å². The van der Waals surface area contributed by atoms with Gasteiger partial charge in [0.2, 0.25) is 0 Å². The van der Waals surface area contributed by atoms with Gasteiger partial charge in [-0.15, -0.1) is 11.3 Å². The normalized spacial score (nSPS) is 15.8. The number of nitrogens with zero attached hydrogens (tertiary/aromatic N) is 3. The quantitative estimate of drug-likeness (QED) is 0.598. The lowest BCUT2D eigenvalue weighted by atomic mass is 10.6. The largest absolute Gasteiger partial charge is 0.317 e. The molecule has 2 heterocycles. The molecule has 0 bridgehead atoms. The second-order valence-electron chi connectivity index (χ2n) is 1.57. The summed E-state index contributed by atoms with van der Waals surface area (Å²) in [7, 11) is 0. The molecule has 3 nitrogen and oxygen atoms in total. The zero-order valence-corrected chi connectivity index (χ0v) is 6.45. The molecule has 1 aliphatic heterocycles. The van der Waals surface area contributed by atoms with Crippen LogP contribution in [0, 0.1) is 5.38 Å². The van der Waals surface area contributed by atoms with Gasteiger partial charge in [0.25, 0.3) is 4.52 Å². The third kappa shape index (κ3) is 0.975.